The fourth-order valence-electron chi connectivity index (χ4n) is 5.46. The quantitative estimate of drug-likeness (QED) is 0.821. The monoisotopic (exact) mass is 400 g/mol. The predicted molar refractivity (Wildman–Crippen MR) is 122 cm³/mol. The van der Waals surface area contributed by atoms with Gasteiger partial charge in [0.2, 0.25) is 5.91 Å². The number of amides is 1. The maximum atomic E-state index is 13.5. The number of anilines is 1. The maximum Gasteiger partial charge on any atom is 0.244 e. The molecule has 1 aliphatic carbocycles. The lowest BCUT2D eigenvalue weighted by atomic mass is 9.81. The highest BCUT2D eigenvalue weighted by atomic mass is 16.2. The molecule has 1 amide bonds. The number of piperidine rings is 1. The second kappa shape index (κ2) is 9.15. The molecule has 1 heterocycles. The third kappa shape index (κ3) is 4.52. The molecule has 1 aromatic carbocycles. The molecule has 0 aromatic heterocycles. The van der Waals surface area contributed by atoms with E-state index in [0.29, 0.717) is 12.1 Å². The van der Waals surface area contributed by atoms with E-state index in [1.165, 1.54) is 25.7 Å². The van der Waals surface area contributed by atoms with Gasteiger partial charge >= 0.3 is 0 Å². The molecule has 2 atom stereocenters. The van der Waals surface area contributed by atoms with E-state index in [0.717, 1.165) is 42.7 Å². The van der Waals surface area contributed by atoms with Crippen molar-refractivity contribution in [3.05, 3.63) is 29.3 Å². The minimum Gasteiger partial charge on any atom is -0.324 e. The van der Waals surface area contributed by atoms with E-state index >= 15 is 0 Å². The van der Waals surface area contributed by atoms with Crippen LogP contribution in [0.15, 0.2) is 18.2 Å². The Morgan fingerprint density at radius 3 is 2.17 bits per heavy atom. The van der Waals surface area contributed by atoms with Crippen LogP contribution in [-0.2, 0) is 4.79 Å². The fourth-order valence-corrected chi connectivity index (χ4v) is 5.46. The number of nitrogens with zero attached hydrogens (tertiary/aromatic N) is 3. The second-order valence-electron chi connectivity index (χ2n) is 9.57. The van der Waals surface area contributed by atoms with Crippen molar-refractivity contribution in [3.63, 3.8) is 0 Å². The molecule has 1 aliphatic heterocycles. The molecule has 0 radical (unpaired) electrons. The fraction of sp³-hybridized carbons (Fsp3) is 0.708. The third-order valence-electron chi connectivity index (χ3n) is 7.45. The van der Waals surface area contributed by atoms with Gasteiger partial charge < -0.3 is 10.2 Å². The molecule has 2 fully saturated rings. The summed E-state index contributed by atoms with van der Waals surface area (Å²) in [5, 5.41) is 3.28. The Morgan fingerprint density at radius 2 is 1.62 bits per heavy atom. The molecule has 29 heavy (non-hydrogen) atoms. The van der Waals surface area contributed by atoms with Crippen LogP contribution in [0.25, 0.3) is 0 Å². The first-order valence-electron chi connectivity index (χ1n) is 11.2. The van der Waals surface area contributed by atoms with Crippen LogP contribution >= 0.6 is 0 Å². The Morgan fingerprint density at radius 1 is 1.03 bits per heavy atom. The first-order valence-corrected chi connectivity index (χ1v) is 11.2. The number of likely N-dealkylation sites (N-methyl/N-ethyl adjacent to an activating group) is 2. The highest BCUT2D eigenvalue weighted by Gasteiger charge is 2.45. The van der Waals surface area contributed by atoms with Crippen molar-refractivity contribution < 1.29 is 4.79 Å². The molecule has 3 rings (SSSR count). The minimum atomic E-state index is -0.437. The van der Waals surface area contributed by atoms with Gasteiger partial charge in [-0.25, -0.2) is 0 Å². The topological polar surface area (TPSA) is 38.8 Å². The Kier molecular flexibility index (Phi) is 7.02. The molecule has 1 aromatic rings. The third-order valence-corrected chi connectivity index (χ3v) is 7.45. The van der Waals surface area contributed by atoms with Crippen molar-refractivity contribution in [2.24, 2.45) is 0 Å². The minimum absolute atomic E-state index is 0.146. The lowest BCUT2D eigenvalue weighted by molar-refractivity contribution is -0.130. The standard InChI is InChI=1S/C24H40N4O/c1-18-10-9-11-19(2)22(18)25-23(29)24(27(5)6)14-16-28(17-15-24)21-13-8-7-12-20(21)26(3)4/h9-11,20-21H,7-8,12-17H2,1-6H3,(H,25,29)/t20-,21-/m1/s1. The van der Waals surface area contributed by atoms with Gasteiger partial charge in [0.25, 0.3) is 0 Å². The van der Waals surface area contributed by atoms with Gasteiger partial charge in [0.15, 0.2) is 0 Å². The normalized spacial score (nSPS) is 25.4. The number of nitrogens with one attached hydrogen (secondary N) is 1. The van der Waals surface area contributed by atoms with E-state index < -0.39 is 5.54 Å². The van der Waals surface area contributed by atoms with E-state index in [2.05, 4.69) is 74.2 Å². The SMILES string of the molecule is Cc1cccc(C)c1NC(=O)C1(N(C)C)CCN([C@@H]2CCCC[C@H]2N(C)C)CC1. The molecule has 1 saturated heterocycles. The number of aryl methyl sites for hydroxylation is 2. The van der Waals surface area contributed by atoms with Gasteiger partial charge in [0.1, 0.15) is 5.54 Å². The summed E-state index contributed by atoms with van der Waals surface area (Å²) in [6, 6.07) is 7.45. The molecule has 1 N–H and O–H groups in total. The number of likely N-dealkylation sites (tertiary alicyclic amines) is 1. The van der Waals surface area contributed by atoms with Crippen LogP contribution in [0.3, 0.4) is 0 Å². The van der Waals surface area contributed by atoms with Crippen LogP contribution in [0.1, 0.15) is 49.7 Å². The number of para-hydroxylation sites is 1. The summed E-state index contributed by atoms with van der Waals surface area (Å²) in [6.07, 6.45) is 7.01. The number of carbonyl (C=O) groups is 1. The van der Waals surface area contributed by atoms with Crippen molar-refractivity contribution in [2.45, 2.75) is 70.0 Å². The second-order valence-corrected chi connectivity index (χ2v) is 9.57. The van der Waals surface area contributed by atoms with Gasteiger partial charge in [-0.05, 0) is 78.8 Å². The Labute approximate surface area is 177 Å². The molecule has 162 valence electrons. The van der Waals surface area contributed by atoms with Crippen molar-refractivity contribution >= 4 is 11.6 Å². The molecule has 0 spiro atoms. The summed E-state index contributed by atoms with van der Waals surface area (Å²) < 4.78 is 0. The van der Waals surface area contributed by atoms with E-state index in [4.69, 9.17) is 0 Å². The zero-order chi connectivity index (χ0) is 21.2. The number of hydrogen-bond acceptors (Lipinski definition) is 4. The van der Waals surface area contributed by atoms with E-state index in [9.17, 15) is 4.79 Å². The van der Waals surface area contributed by atoms with Gasteiger partial charge in [0.05, 0.1) is 0 Å². The summed E-state index contributed by atoms with van der Waals surface area (Å²) in [5.41, 5.74) is 2.79. The van der Waals surface area contributed by atoms with Crippen molar-refractivity contribution in [2.75, 3.05) is 46.6 Å². The van der Waals surface area contributed by atoms with Crippen molar-refractivity contribution in [1.82, 2.24) is 14.7 Å². The summed E-state index contributed by atoms with van der Waals surface area (Å²) >= 11 is 0. The zero-order valence-electron chi connectivity index (χ0n) is 19.3. The first-order chi connectivity index (χ1) is 13.8. The molecule has 1 saturated carbocycles. The Bertz CT molecular complexity index is 687. The number of rotatable bonds is 5. The van der Waals surface area contributed by atoms with E-state index in [1.807, 2.05) is 6.07 Å². The van der Waals surface area contributed by atoms with Gasteiger partial charge in [0, 0.05) is 30.9 Å². The summed E-state index contributed by atoms with van der Waals surface area (Å²) in [4.78, 5) is 20.7. The number of hydrogen-bond donors (Lipinski definition) is 1. The number of carbonyl (C=O) groups excluding carboxylic acids is 1. The Balaban J connectivity index is 1.73. The first kappa shape index (κ1) is 22.3. The van der Waals surface area contributed by atoms with Crippen molar-refractivity contribution in [3.8, 4) is 0 Å². The van der Waals surface area contributed by atoms with Gasteiger partial charge in [-0.3, -0.25) is 14.6 Å². The average Bonchev–Trinajstić information content (AvgIpc) is 2.70. The largest absolute Gasteiger partial charge is 0.324 e. The lowest BCUT2D eigenvalue weighted by Crippen LogP contribution is -2.62. The molecular weight excluding hydrogens is 360 g/mol. The Hall–Kier alpha value is -1.43. The highest BCUT2D eigenvalue weighted by Crippen LogP contribution is 2.34. The summed E-state index contributed by atoms with van der Waals surface area (Å²) in [7, 11) is 8.55. The molecule has 2 aliphatic rings. The molecule has 5 nitrogen and oxygen atoms in total. The number of benzene rings is 1. The summed E-state index contributed by atoms with van der Waals surface area (Å²) in [5.74, 6) is 0.146. The van der Waals surface area contributed by atoms with Gasteiger partial charge in [-0.15, -0.1) is 0 Å². The average molecular weight is 401 g/mol. The van der Waals surface area contributed by atoms with Gasteiger partial charge in [-0.1, -0.05) is 31.0 Å². The van der Waals surface area contributed by atoms with E-state index in [1.54, 1.807) is 0 Å². The smallest absolute Gasteiger partial charge is 0.244 e. The van der Waals surface area contributed by atoms with Gasteiger partial charge in [-0.2, -0.15) is 0 Å². The zero-order valence-corrected chi connectivity index (χ0v) is 19.3. The van der Waals surface area contributed by atoms with Crippen LogP contribution in [0.2, 0.25) is 0 Å². The highest BCUT2D eigenvalue weighted by molar-refractivity contribution is 5.99. The van der Waals surface area contributed by atoms with Crippen LogP contribution < -0.4 is 5.32 Å². The molecule has 5 heteroatoms. The summed E-state index contributed by atoms with van der Waals surface area (Å²) in [6.45, 7) is 6.12. The molecule has 0 unspecified atom stereocenters. The molecular formula is C24H40N4O. The van der Waals surface area contributed by atoms with Crippen LogP contribution in [0.4, 0.5) is 5.69 Å². The van der Waals surface area contributed by atoms with Crippen LogP contribution in [0, 0.1) is 13.8 Å². The molecule has 0 bridgehead atoms. The van der Waals surface area contributed by atoms with Crippen LogP contribution in [-0.4, -0.2) is 79.5 Å². The van der Waals surface area contributed by atoms with Crippen molar-refractivity contribution in [1.29, 1.82) is 0 Å². The lowest BCUT2D eigenvalue weighted by Gasteiger charge is -2.50. The maximum absolute atomic E-state index is 13.5. The predicted octanol–water partition coefficient (Wildman–Crippen LogP) is 3.51. The van der Waals surface area contributed by atoms with Crippen LogP contribution in [0.5, 0.6) is 0 Å². The van der Waals surface area contributed by atoms with E-state index in [-0.39, 0.29) is 5.91 Å².